The molecular weight excluding hydrogens is 644 g/mol. The number of carboxylic acids is 1. The number of terminal acetylenes is 1. The second-order valence-electron chi connectivity index (χ2n) is 11.2. The van der Waals surface area contributed by atoms with E-state index in [2.05, 4.69) is 16.6 Å². The molecule has 0 unspecified atom stereocenters. The van der Waals surface area contributed by atoms with Gasteiger partial charge in [0.05, 0.1) is 64.3 Å². The lowest BCUT2D eigenvalue weighted by atomic mass is 9.88. The molecule has 0 saturated carbocycles. The lowest BCUT2D eigenvalue weighted by Gasteiger charge is -2.46. The highest BCUT2D eigenvalue weighted by Crippen LogP contribution is 2.34. The smallest absolute Gasteiger partial charge is 0.364 e. The normalized spacial score (nSPS) is 21.7. The molecule has 7 N–H and O–H groups in total. The highest BCUT2D eigenvalue weighted by molar-refractivity contribution is 5.79. The maximum Gasteiger partial charge on any atom is 0.364 e. The van der Waals surface area contributed by atoms with E-state index in [0.29, 0.717) is 44.2 Å². The Bertz CT molecular complexity index is 1350. The Labute approximate surface area is 284 Å². The third-order valence-electron chi connectivity index (χ3n) is 7.51. The molecule has 268 valence electrons. The van der Waals surface area contributed by atoms with Crippen molar-refractivity contribution in [3.63, 3.8) is 0 Å². The molecule has 0 spiro atoms. The number of carbonyl (C=O) groups is 3. The number of aliphatic hydroxyl groups is 4. The number of ether oxygens (including phenoxy) is 5. The molecule has 1 fully saturated rings. The zero-order valence-electron chi connectivity index (χ0n) is 26.9. The summed E-state index contributed by atoms with van der Waals surface area (Å²) in [6.07, 6.45) is -2.63. The first-order chi connectivity index (χ1) is 23.6. The molecule has 1 heterocycles. The lowest BCUT2D eigenvalue weighted by Crippen LogP contribution is -2.68. The van der Waals surface area contributed by atoms with E-state index in [4.69, 9.17) is 30.1 Å². The quantitative estimate of drug-likeness (QED) is 0.0611. The van der Waals surface area contributed by atoms with Crippen molar-refractivity contribution < 1.29 is 63.6 Å². The van der Waals surface area contributed by atoms with E-state index in [-0.39, 0.29) is 19.6 Å². The van der Waals surface area contributed by atoms with Gasteiger partial charge in [-0.05, 0) is 16.7 Å². The lowest BCUT2D eigenvalue weighted by molar-refractivity contribution is -0.314. The van der Waals surface area contributed by atoms with Crippen LogP contribution in [-0.4, -0.2) is 126 Å². The van der Waals surface area contributed by atoms with Crippen molar-refractivity contribution in [1.29, 1.82) is 0 Å². The fraction of sp³-hybridized carbons (Fsp3) is 0.500. The molecule has 2 aromatic carbocycles. The second kappa shape index (κ2) is 20.5. The summed E-state index contributed by atoms with van der Waals surface area (Å²) in [7, 11) is 0. The van der Waals surface area contributed by atoms with Crippen LogP contribution < -0.4 is 10.6 Å². The van der Waals surface area contributed by atoms with Crippen LogP contribution in [0.2, 0.25) is 0 Å². The molecule has 0 aromatic heterocycles. The molecular formula is C34H44N2O13. The van der Waals surface area contributed by atoms with E-state index in [1.807, 2.05) is 0 Å². The summed E-state index contributed by atoms with van der Waals surface area (Å²) >= 11 is 0. The Kier molecular flexibility index (Phi) is 16.5. The second-order valence-corrected chi connectivity index (χ2v) is 11.2. The predicted octanol–water partition coefficient (Wildman–Crippen LogP) is -1.13. The predicted molar refractivity (Wildman–Crippen MR) is 171 cm³/mol. The van der Waals surface area contributed by atoms with Crippen LogP contribution in [0.25, 0.3) is 0 Å². The van der Waals surface area contributed by atoms with E-state index in [1.165, 1.54) is 0 Å². The van der Waals surface area contributed by atoms with Crippen LogP contribution in [0.4, 0.5) is 0 Å². The summed E-state index contributed by atoms with van der Waals surface area (Å²) < 4.78 is 27.4. The summed E-state index contributed by atoms with van der Waals surface area (Å²) in [4.78, 5) is 37.1. The first-order valence-corrected chi connectivity index (χ1v) is 15.6. The molecule has 0 bridgehead atoms. The number of carbonyl (C=O) groups excluding carboxylic acids is 2. The van der Waals surface area contributed by atoms with Crippen molar-refractivity contribution in [3.8, 4) is 12.3 Å². The first-order valence-electron chi connectivity index (χ1n) is 15.6. The molecule has 1 saturated heterocycles. The van der Waals surface area contributed by atoms with Crippen LogP contribution >= 0.6 is 0 Å². The number of benzene rings is 2. The summed E-state index contributed by atoms with van der Waals surface area (Å²) in [5.41, 5.74) is 2.14. The fourth-order valence-electron chi connectivity index (χ4n) is 4.94. The van der Waals surface area contributed by atoms with Gasteiger partial charge in [0, 0.05) is 13.0 Å². The van der Waals surface area contributed by atoms with Crippen LogP contribution in [0.3, 0.4) is 0 Å². The number of nitrogens with one attached hydrogen (secondary N) is 2. The van der Waals surface area contributed by atoms with Gasteiger partial charge in [-0.15, -0.1) is 6.42 Å². The molecule has 49 heavy (non-hydrogen) atoms. The van der Waals surface area contributed by atoms with E-state index >= 15 is 0 Å². The van der Waals surface area contributed by atoms with E-state index in [0.717, 1.165) is 5.56 Å². The summed E-state index contributed by atoms with van der Waals surface area (Å²) in [5, 5.41) is 56.9. The molecule has 1 aliphatic heterocycles. The molecule has 6 atom stereocenters. The molecule has 2 amide bonds. The SMILES string of the molecule is C#CCOCCOCCOCc1ccc(CC(=O)NC[C@@H](O)[C@@H](O)[C@@H]2O[C@@](OCc3ccccc3)(C(=O)O)C[C@H](O)[C@H]2NC(=O)CO)cc1. The van der Waals surface area contributed by atoms with E-state index < -0.39 is 73.6 Å². The maximum absolute atomic E-state index is 12.7. The molecule has 3 rings (SSSR count). The van der Waals surface area contributed by atoms with Crippen LogP contribution in [0.1, 0.15) is 23.1 Å². The number of rotatable bonds is 21. The van der Waals surface area contributed by atoms with Crippen molar-refractivity contribution in [1.82, 2.24) is 10.6 Å². The van der Waals surface area contributed by atoms with Gasteiger partial charge in [0.2, 0.25) is 11.8 Å². The van der Waals surface area contributed by atoms with Gasteiger partial charge in [0.25, 0.3) is 5.79 Å². The topological polar surface area (TPSA) is 223 Å². The average Bonchev–Trinajstić information content (AvgIpc) is 3.10. The van der Waals surface area contributed by atoms with Crippen LogP contribution in [0, 0.1) is 12.3 Å². The van der Waals surface area contributed by atoms with Gasteiger partial charge in [0.15, 0.2) is 0 Å². The van der Waals surface area contributed by atoms with Crippen molar-refractivity contribution >= 4 is 17.8 Å². The minimum absolute atomic E-state index is 0.0528. The van der Waals surface area contributed by atoms with E-state index in [9.17, 15) is 39.9 Å². The number of aliphatic carboxylic acids is 1. The number of aliphatic hydroxyl groups excluding tert-OH is 4. The number of carboxylic acid groups (broad SMARTS) is 1. The van der Waals surface area contributed by atoms with Gasteiger partial charge in [-0.25, -0.2) is 4.79 Å². The maximum atomic E-state index is 12.7. The molecule has 0 radical (unpaired) electrons. The van der Waals surface area contributed by atoms with Crippen LogP contribution in [-0.2, 0) is 57.7 Å². The minimum Gasteiger partial charge on any atom is -0.477 e. The fourth-order valence-corrected chi connectivity index (χ4v) is 4.94. The Hall–Kier alpha value is -3.95. The summed E-state index contributed by atoms with van der Waals surface area (Å²) in [5.74, 6) is -3.13. The molecule has 15 heteroatoms. The van der Waals surface area contributed by atoms with Crippen LogP contribution in [0.5, 0.6) is 0 Å². The highest BCUT2D eigenvalue weighted by atomic mass is 16.7. The zero-order chi connectivity index (χ0) is 35.6. The molecule has 1 aliphatic rings. The molecule has 2 aromatic rings. The molecule has 15 nitrogen and oxygen atoms in total. The third-order valence-corrected chi connectivity index (χ3v) is 7.51. The Morgan fingerprint density at radius 1 is 0.918 bits per heavy atom. The highest BCUT2D eigenvalue weighted by Gasteiger charge is 2.55. The van der Waals surface area contributed by atoms with Gasteiger partial charge >= 0.3 is 5.97 Å². The first kappa shape index (κ1) is 39.5. The largest absolute Gasteiger partial charge is 0.477 e. The standard InChI is InChI=1S/C34H44N2O13/c1-2-12-45-13-14-46-15-16-47-21-25-10-8-23(9-11-25)17-28(40)35-19-27(39)31(42)32-30(36-29(41)20-37)26(38)18-34(49-32,33(43)44)48-22-24-6-4-3-5-7-24/h1,3-11,26-27,30-32,37-39,42H,12-22H2,(H,35,40)(H,36,41)(H,43,44)/t26-,27+,30+,31+,32+,34+/m0/s1. The zero-order valence-corrected chi connectivity index (χ0v) is 26.9. The number of amides is 2. The van der Waals surface area contributed by atoms with Crippen molar-refractivity contribution in [3.05, 3.63) is 71.3 Å². The van der Waals surface area contributed by atoms with Crippen molar-refractivity contribution in [2.75, 3.05) is 46.2 Å². The Balaban J connectivity index is 1.53. The summed E-state index contributed by atoms with van der Waals surface area (Å²) in [6, 6.07) is 14.2. The van der Waals surface area contributed by atoms with Gasteiger partial charge in [-0.2, -0.15) is 0 Å². The summed E-state index contributed by atoms with van der Waals surface area (Å²) in [6.45, 7) is 0.489. The minimum atomic E-state index is -2.47. The van der Waals surface area contributed by atoms with Gasteiger partial charge in [-0.1, -0.05) is 60.5 Å². The molecule has 0 aliphatic carbocycles. The van der Waals surface area contributed by atoms with Gasteiger partial charge < -0.3 is 59.9 Å². The number of hydrogen-bond acceptors (Lipinski definition) is 12. The van der Waals surface area contributed by atoms with Crippen molar-refractivity contribution in [2.24, 2.45) is 0 Å². The van der Waals surface area contributed by atoms with Gasteiger partial charge in [0.1, 0.15) is 25.4 Å². The Morgan fingerprint density at radius 2 is 1.55 bits per heavy atom. The third kappa shape index (κ3) is 12.8. The van der Waals surface area contributed by atoms with Crippen LogP contribution in [0.15, 0.2) is 54.6 Å². The van der Waals surface area contributed by atoms with E-state index in [1.54, 1.807) is 54.6 Å². The monoisotopic (exact) mass is 688 g/mol. The Morgan fingerprint density at radius 3 is 2.20 bits per heavy atom. The van der Waals surface area contributed by atoms with Gasteiger partial charge in [-0.3, -0.25) is 9.59 Å². The van der Waals surface area contributed by atoms with Crippen molar-refractivity contribution in [2.45, 2.75) is 62.3 Å². The average molecular weight is 689 g/mol. The number of hydrogen-bond donors (Lipinski definition) is 7.